The molecule has 4 heteroatoms. The fourth-order valence-electron chi connectivity index (χ4n) is 1.84. The number of nitrogen functional groups attached to an aromatic ring is 1. The van der Waals surface area contributed by atoms with Gasteiger partial charge in [-0.25, -0.2) is 9.18 Å². The van der Waals surface area contributed by atoms with E-state index < -0.39 is 11.8 Å². The van der Waals surface area contributed by atoms with Gasteiger partial charge in [0.1, 0.15) is 5.82 Å². The van der Waals surface area contributed by atoms with Gasteiger partial charge in [0.2, 0.25) is 0 Å². The van der Waals surface area contributed by atoms with Crippen molar-refractivity contribution in [3.05, 3.63) is 29.6 Å². The monoisotopic (exact) mass is 267 g/mol. The molecule has 0 aliphatic carbocycles. The van der Waals surface area contributed by atoms with Gasteiger partial charge in [0.15, 0.2) is 0 Å². The molecule has 0 aromatic heterocycles. The first kappa shape index (κ1) is 15.5. The molecule has 0 heterocycles. The number of carbonyl (C=O) groups excluding carboxylic acids is 1. The summed E-state index contributed by atoms with van der Waals surface area (Å²) in [5.41, 5.74) is 5.91. The summed E-state index contributed by atoms with van der Waals surface area (Å²) < 4.78 is 17.9. The Morgan fingerprint density at radius 1 is 1.21 bits per heavy atom. The molecule has 0 saturated heterocycles. The van der Waals surface area contributed by atoms with E-state index in [1.807, 2.05) is 0 Å². The van der Waals surface area contributed by atoms with Gasteiger partial charge in [-0.15, -0.1) is 0 Å². The van der Waals surface area contributed by atoms with Gasteiger partial charge in [-0.05, 0) is 24.6 Å². The van der Waals surface area contributed by atoms with Crippen LogP contribution in [0.15, 0.2) is 18.2 Å². The lowest BCUT2D eigenvalue weighted by molar-refractivity contribution is 0.0499. The van der Waals surface area contributed by atoms with Gasteiger partial charge in [0.25, 0.3) is 0 Å². The van der Waals surface area contributed by atoms with E-state index in [9.17, 15) is 9.18 Å². The molecule has 1 aromatic carbocycles. The van der Waals surface area contributed by atoms with Gasteiger partial charge in [-0.1, -0.05) is 39.0 Å². The fraction of sp³-hybridized carbons (Fsp3) is 0.533. The predicted octanol–water partition coefficient (Wildman–Crippen LogP) is 3.93. The van der Waals surface area contributed by atoms with Crippen LogP contribution in [0.2, 0.25) is 0 Å². The molecule has 0 unspecified atom stereocenters. The molecule has 106 valence electrons. The maximum absolute atomic E-state index is 12.8. The second-order valence-electron chi connectivity index (χ2n) is 4.64. The predicted molar refractivity (Wildman–Crippen MR) is 74.5 cm³/mol. The van der Waals surface area contributed by atoms with Crippen LogP contribution in [-0.4, -0.2) is 12.6 Å². The summed E-state index contributed by atoms with van der Waals surface area (Å²) in [7, 11) is 0. The summed E-state index contributed by atoms with van der Waals surface area (Å²) in [5, 5.41) is 0. The van der Waals surface area contributed by atoms with E-state index in [1.54, 1.807) is 0 Å². The van der Waals surface area contributed by atoms with Crippen molar-refractivity contribution in [1.29, 1.82) is 0 Å². The molecule has 1 rings (SSSR count). The van der Waals surface area contributed by atoms with Crippen LogP contribution in [0.4, 0.5) is 10.1 Å². The Kier molecular flexibility index (Phi) is 6.93. The molecule has 0 aliphatic heterocycles. The van der Waals surface area contributed by atoms with Gasteiger partial charge in [0.05, 0.1) is 12.2 Å². The minimum absolute atomic E-state index is 0.118. The van der Waals surface area contributed by atoms with Gasteiger partial charge in [0, 0.05) is 5.69 Å². The summed E-state index contributed by atoms with van der Waals surface area (Å²) in [5.74, 6) is -0.934. The van der Waals surface area contributed by atoms with Gasteiger partial charge < -0.3 is 10.5 Å². The number of carbonyl (C=O) groups is 1. The van der Waals surface area contributed by atoms with E-state index in [1.165, 1.54) is 37.8 Å². The lowest BCUT2D eigenvalue weighted by Gasteiger charge is -2.07. The van der Waals surface area contributed by atoms with Crippen molar-refractivity contribution < 1.29 is 13.9 Å². The van der Waals surface area contributed by atoms with E-state index in [0.717, 1.165) is 18.9 Å². The minimum atomic E-state index is -0.481. The quantitative estimate of drug-likeness (QED) is 0.441. The Labute approximate surface area is 113 Å². The van der Waals surface area contributed by atoms with Crippen molar-refractivity contribution in [2.45, 2.75) is 45.4 Å². The number of nitrogens with two attached hydrogens (primary N) is 1. The number of halogens is 1. The van der Waals surface area contributed by atoms with Crippen molar-refractivity contribution in [1.82, 2.24) is 0 Å². The number of hydrogen-bond donors (Lipinski definition) is 1. The number of esters is 1. The van der Waals surface area contributed by atoms with E-state index in [-0.39, 0.29) is 11.3 Å². The van der Waals surface area contributed by atoms with Crippen molar-refractivity contribution in [2.75, 3.05) is 12.3 Å². The van der Waals surface area contributed by atoms with E-state index >= 15 is 0 Å². The molecular formula is C15H22FNO2. The Hall–Kier alpha value is -1.58. The molecule has 2 N–H and O–H groups in total. The van der Waals surface area contributed by atoms with Crippen LogP contribution < -0.4 is 5.73 Å². The molecule has 1 aromatic rings. The number of rotatable bonds is 8. The van der Waals surface area contributed by atoms with Crippen LogP contribution in [0.5, 0.6) is 0 Å². The summed E-state index contributed by atoms with van der Waals surface area (Å²) in [4.78, 5) is 11.7. The van der Waals surface area contributed by atoms with Crippen LogP contribution >= 0.6 is 0 Å². The molecule has 0 aliphatic rings. The molecule has 0 fully saturated rings. The third-order valence-corrected chi connectivity index (χ3v) is 2.96. The number of unbranched alkanes of at least 4 members (excludes halogenated alkanes) is 5. The minimum Gasteiger partial charge on any atom is -0.462 e. The summed E-state index contributed by atoms with van der Waals surface area (Å²) in [6.45, 7) is 2.57. The molecule has 0 saturated carbocycles. The van der Waals surface area contributed by atoms with Crippen LogP contribution in [0, 0.1) is 5.82 Å². The Balaban J connectivity index is 2.24. The van der Waals surface area contributed by atoms with Crippen LogP contribution in [-0.2, 0) is 4.74 Å². The van der Waals surface area contributed by atoms with Crippen molar-refractivity contribution in [2.24, 2.45) is 0 Å². The topological polar surface area (TPSA) is 52.3 Å². The van der Waals surface area contributed by atoms with Crippen LogP contribution in [0.1, 0.15) is 55.8 Å². The third kappa shape index (κ3) is 5.73. The second-order valence-corrected chi connectivity index (χ2v) is 4.64. The smallest absolute Gasteiger partial charge is 0.340 e. The van der Waals surface area contributed by atoms with Crippen LogP contribution in [0.25, 0.3) is 0 Å². The molecule has 0 bridgehead atoms. The normalized spacial score (nSPS) is 10.4. The first-order chi connectivity index (χ1) is 9.15. The summed E-state index contributed by atoms with van der Waals surface area (Å²) in [6, 6.07) is 3.69. The van der Waals surface area contributed by atoms with E-state index in [2.05, 4.69) is 6.92 Å². The fourth-order valence-corrected chi connectivity index (χ4v) is 1.84. The lowest BCUT2D eigenvalue weighted by Crippen LogP contribution is -2.09. The Morgan fingerprint density at radius 2 is 1.89 bits per heavy atom. The Morgan fingerprint density at radius 3 is 2.58 bits per heavy atom. The van der Waals surface area contributed by atoms with Crippen molar-refractivity contribution in [3.63, 3.8) is 0 Å². The summed E-state index contributed by atoms with van der Waals surface area (Å²) >= 11 is 0. The molecule has 0 spiro atoms. The van der Waals surface area contributed by atoms with Crippen molar-refractivity contribution >= 4 is 11.7 Å². The molecule has 0 atom stereocenters. The zero-order valence-electron chi connectivity index (χ0n) is 11.5. The third-order valence-electron chi connectivity index (χ3n) is 2.96. The molecule has 19 heavy (non-hydrogen) atoms. The molecular weight excluding hydrogens is 245 g/mol. The molecule has 3 nitrogen and oxygen atoms in total. The molecule has 0 amide bonds. The number of benzene rings is 1. The largest absolute Gasteiger partial charge is 0.462 e. The highest BCUT2D eigenvalue weighted by Crippen LogP contribution is 2.15. The first-order valence-corrected chi connectivity index (χ1v) is 6.87. The average molecular weight is 267 g/mol. The number of ether oxygens (including phenoxy) is 1. The maximum Gasteiger partial charge on any atom is 0.340 e. The highest BCUT2D eigenvalue weighted by atomic mass is 19.1. The lowest BCUT2D eigenvalue weighted by atomic mass is 10.1. The van der Waals surface area contributed by atoms with Crippen molar-refractivity contribution in [3.8, 4) is 0 Å². The first-order valence-electron chi connectivity index (χ1n) is 6.87. The zero-order valence-corrected chi connectivity index (χ0v) is 11.5. The van der Waals surface area contributed by atoms with Gasteiger partial charge >= 0.3 is 5.97 Å². The number of hydrogen-bond acceptors (Lipinski definition) is 3. The van der Waals surface area contributed by atoms with Gasteiger partial charge in [-0.2, -0.15) is 0 Å². The second kappa shape index (κ2) is 8.51. The van der Waals surface area contributed by atoms with E-state index in [4.69, 9.17) is 10.5 Å². The Bertz CT molecular complexity index is 407. The van der Waals surface area contributed by atoms with Gasteiger partial charge in [-0.3, -0.25) is 0 Å². The summed E-state index contributed by atoms with van der Waals surface area (Å²) in [6.07, 6.45) is 6.80. The highest BCUT2D eigenvalue weighted by molar-refractivity contribution is 5.94. The molecule has 0 radical (unpaired) electrons. The number of anilines is 1. The van der Waals surface area contributed by atoms with Crippen LogP contribution in [0.3, 0.4) is 0 Å². The zero-order chi connectivity index (χ0) is 14.1. The SMILES string of the molecule is CCCCCCCCOC(=O)c1ccc(F)cc1N. The maximum atomic E-state index is 12.8. The standard InChI is InChI=1S/C15H22FNO2/c1-2-3-4-5-6-7-10-19-15(18)13-9-8-12(16)11-14(13)17/h8-9,11H,2-7,10,17H2,1H3. The average Bonchev–Trinajstić information content (AvgIpc) is 2.37. The highest BCUT2D eigenvalue weighted by Gasteiger charge is 2.11. The van der Waals surface area contributed by atoms with E-state index in [0.29, 0.717) is 6.61 Å².